The number of nitrogens with zero attached hydrogens (tertiary/aromatic N) is 4. The molecule has 24 heavy (non-hydrogen) atoms. The van der Waals surface area contributed by atoms with E-state index < -0.39 is 0 Å². The van der Waals surface area contributed by atoms with E-state index >= 15 is 0 Å². The Bertz CT molecular complexity index is 903. The zero-order chi connectivity index (χ0) is 17.3. The first kappa shape index (κ1) is 16.4. The van der Waals surface area contributed by atoms with E-state index in [1.54, 1.807) is 28.4 Å². The van der Waals surface area contributed by atoms with Crippen LogP contribution in [0.5, 0.6) is 0 Å². The van der Waals surface area contributed by atoms with Gasteiger partial charge in [-0.05, 0) is 44.0 Å². The highest BCUT2D eigenvalue weighted by Crippen LogP contribution is 2.21. The van der Waals surface area contributed by atoms with Crippen LogP contribution in [-0.4, -0.2) is 32.7 Å². The lowest BCUT2D eigenvalue weighted by Crippen LogP contribution is -2.02. The zero-order valence-electron chi connectivity index (χ0n) is 14.0. The third kappa shape index (κ3) is 3.12. The van der Waals surface area contributed by atoms with Crippen molar-refractivity contribution in [1.82, 2.24) is 19.6 Å². The maximum Gasteiger partial charge on any atom is 0.337 e. The third-order valence-corrected chi connectivity index (χ3v) is 4.89. The van der Waals surface area contributed by atoms with Crippen molar-refractivity contribution in [2.45, 2.75) is 31.7 Å². The summed E-state index contributed by atoms with van der Waals surface area (Å²) in [5, 5.41) is 5.21. The molecule has 2 heterocycles. The van der Waals surface area contributed by atoms with Crippen LogP contribution in [0.1, 0.15) is 32.9 Å². The molecule has 0 fully saturated rings. The average Bonchev–Trinajstić information content (AvgIpc) is 3.00. The summed E-state index contributed by atoms with van der Waals surface area (Å²) in [4.78, 5) is 20.4. The second kappa shape index (κ2) is 6.60. The molecular formula is C17H18N4O2S. The van der Waals surface area contributed by atoms with Crippen LogP contribution in [0.2, 0.25) is 0 Å². The summed E-state index contributed by atoms with van der Waals surface area (Å²) >= 11 is 1.54. The Morgan fingerprint density at radius 3 is 2.54 bits per heavy atom. The third-order valence-electron chi connectivity index (χ3n) is 3.98. The molecule has 0 aliphatic carbocycles. The minimum atomic E-state index is -0.330. The number of aryl methyl sites for hydroxylation is 2. The second-order valence-corrected chi connectivity index (χ2v) is 6.43. The van der Waals surface area contributed by atoms with Gasteiger partial charge in [0.25, 0.3) is 5.78 Å². The summed E-state index contributed by atoms with van der Waals surface area (Å²) in [5.41, 5.74) is 4.79. The van der Waals surface area contributed by atoms with Gasteiger partial charge in [0.2, 0.25) is 5.16 Å². The standard InChI is InChI=1S/C17H18N4O2S/c1-10-11(2)18-16-19-17(20-21(16)12(10)3)24-9-13-5-7-14(8-6-13)15(22)23-4/h5-8H,9H2,1-4H3. The number of benzene rings is 1. The number of carbonyl (C=O) groups excluding carboxylic acids is 1. The molecule has 3 aromatic rings. The van der Waals surface area contributed by atoms with Gasteiger partial charge in [0.1, 0.15) is 0 Å². The predicted octanol–water partition coefficient (Wildman–Crippen LogP) is 3.13. The highest BCUT2D eigenvalue weighted by molar-refractivity contribution is 7.98. The molecular weight excluding hydrogens is 324 g/mol. The van der Waals surface area contributed by atoms with Crippen LogP contribution in [0.25, 0.3) is 5.78 Å². The Balaban J connectivity index is 1.76. The molecule has 0 saturated heterocycles. The molecule has 3 rings (SSSR count). The molecule has 2 aromatic heterocycles. The minimum Gasteiger partial charge on any atom is -0.465 e. The number of hydrogen-bond donors (Lipinski definition) is 0. The fourth-order valence-corrected chi connectivity index (χ4v) is 3.08. The highest BCUT2D eigenvalue weighted by atomic mass is 32.2. The summed E-state index contributed by atoms with van der Waals surface area (Å²) in [6.45, 7) is 6.03. The summed E-state index contributed by atoms with van der Waals surface area (Å²) in [5.74, 6) is 1.01. The Morgan fingerprint density at radius 2 is 1.88 bits per heavy atom. The molecule has 0 bridgehead atoms. The van der Waals surface area contributed by atoms with Crippen LogP contribution in [0.15, 0.2) is 29.4 Å². The minimum absolute atomic E-state index is 0.330. The van der Waals surface area contributed by atoms with Crippen LogP contribution >= 0.6 is 11.8 Å². The van der Waals surface area contributed by atoms with Crippen molar-refractivity contribution in [2.75, 3.05) is 7.11 Å². The number of rotatable bonds is 4. The van der Waals surface area contributed by atoms with Crippen LogP contribution in [0, 0.1) is 20.8 Å². The molecule has 0 radical (unpaired) electrons. The van der Waals surface area contributed by atoms with Gasteiger partial charge in [-0.1, -0.05) is 23.9 Å². The van der Waals surface area contributed by atoms with E-state index in [1.807, 2.05) is 32.9 Å². The molecule has 0 amide bonds. The quantitative estimate of drug-likeness (QED) is 0.536. The van der Waals surface area contributed by atoms with Gasteiger partial charge in [0, 0.05) is 17.1 Å². The Labute approximate surface area is 144 Å². The monoisotopic (exact) mass is 342 g/mol. The molecule has 0 aliphatic heterocycles. The first-order valence-electron chi connectivity index (χ1n) is 7.50. The number of methoxy groups -OCH3 is 1. The van der Waals surface area contributed by atoms with E-state index in [2.05, 4.69) is 15.1 Å². The van der Waals surface area contributed by atoms with E-state index in [9.17, 15) is 4.79 Å². The molecule has 0 saturated carbocycles. The van der Waals surface area contributed by atoms with Crippen LogP contribution < -0.4 is 0 Å². The van der Waals surface area contributed by atoms with Gasteiger partial charge in [0.05, 0.1) is 12.7 Å². The fraction of sp³-hybridized carbons (Fsp3) is 0.294. The maximum atomic E-state index is 11.4. The summed E-state index contributed by atoms with van der Waals surface area (Å²) in [7, 11) is 1.38. The largest absolute Gasteiger partial charge is 0.465 e. The lowest BCUT2D eigenvalue weighted by molar-refractivity contribution is 0.0600. The van der Waals surface area contributed by atoms with E-state index in [4.69, 9.17) is 4.74 Å². The summed E-state index contributed by atoms with van der Waals surface area (Å²) < 4.78 is 6.48. The van der Waals surface area contributed by atoms with Crippen molar-refractivity contribution in [3.63, 3.8) is 0 Å². The molecule has 124 valence electrons. The van der Waals surface area contributed by atoms with Crippen molar-refractivity contribution < 1.29 is 9.53 Å². The van der Waals surface area contributed by atoms with E-state index in [0.717, 1.165) is 28.3 Å². The molecule has 0 N–H and O–H groups in total. The molecule has 0 spiro atoms. The van der Waals surface area contributed by atoms with Gasteiger partial charge >= 0.3 is 5.97 Å². The number of esters is 1. The van der Waals surface area contributed by atoms with Crippen LogP contribution in [0.3, 0.4) is 0 Å². The molecule has 7 heteroatoms. The fourth-order valence-electron chi connectivity index (χ4n) is 2.30. The molecule has 0 aliphatic rings. The number of hydrogen-bond acceptors (Lipinski definition) is 6. The molecule has 6 nitrogen and oxygen atoms in total. The molecule has 1 aromatic carbocycles. The van der Waals surface area contributed by atoms with Gasteiger partial charge < -0.3 is 4.74 Å². The van der Waals surface area contributed by atoms with Crippen molar-refractivity contribution in [3.05, 3.63) is 52.3 Å². The van der Waals surface area contributed by atoms with Gasteiger partial charge in [-0.25, -0.2) is 14.3 Å². The van der Waals surface area contributed by atoms with Crippen molar-refractivity contribution in [1.29, 1.82) is 0 Å². The SMILES string of the molecule is COC(=O)c1ccc(CSc2nc3nc(C)c(C)c(C)n3n2)cc1. The number of aromatic nitrogens is 4. The number of thioether (sulfide) groups is 1. The lowest BCUT2D eigenvalue weighted by atomic mass is 10.1. The number of fused-ring (bicyclic) bond motifs is 1. The normalized spacial score (nSPS) is 11.0. The van der Waals surface area contributed by atoms with E-state index in [0.29, 0.717) is 16.5 Å². The van der Waals surface area contributed by atoms with Gasteiger partial charge in [-0.3, -0.25) is 0 Å². The topological polar surface area (TPSA) is 69.4 Å². The lowest BCUT2D eigenvalue weighted by Gasteiger charge is -2.04. The Kier molecular flexibility index (Phi) is 4.53. The van der Waals surface area contributed by atoms with Crippen molar-refractivity contribution >= 4 is 23.5 Å². The Hall–Kier alpha value is -2.41. The predicted molar refractivity (Wildman–Crippen MR) is 92.3 cm³/mol. The summed E-state index contributed by atoms with van der Waals surface area (Å²) in [6, 6.07) is 7.34. The first-order valence-corrected chi connectivity index (χ1v) is 8.49. The zero-order valence-corrected chi connectivity index (χ0v) is 14.8. The maximum absolute atomic E-state index is 11.4. The van der Waals surface area contributed by atoms with Crippen molar-refractivity contribution in [2.24, 2.45) is 0 Å². The number of carbonyl (C=O) groups is 1. The molecule has 0 unspecified atom stereocenters. The van der Waals surface area contributed by atoms with Crippen LogP contribution in [-0.2, 0) is 10.5 Å². The van der Waals surface area contributed by atoms with E-state index in [-0.39, 0.29) is 5.97 Å². The average molecular weight is 342 g/mol. The van der Waals surface area contributed by atoms with E-state index in [1.165, 1.54) is 7.11 Å². The van der Waals surface area contributed by atoms with Gasteiger partial charge in [-0.15, -0.1) is 5.10 Å². The van der Waals surface area contributed by atoms with Crippen molar-refractivity contribution in [3.8, 4) is 0 Å². The first-order chi connectivity index (χ1) is 11.5. The summed E-state index contributed by atoms with van der Waals surface area (Å²) in [6.07, 6.45) is 0. The Morgan fingerprint density at radius 1 is 1.17 bits per heavy atom. The molecule has 0 atom stereocenters. The smallest absolute Gasteiger partial charge is 0.337 e. The highest BCUT2D eigenvalue weighted by Gasteiger charge is 2.11. The number of ether oxygens (including phenoxy) is 1. The van der Waals surface area contributed by atoms with Gasteiger partial charge in [-0.2, -0.15) is 4.98 Å². The van der Waals surface area contributed by atoms with Gasteiger partial charge in [0.15, 0.2) is 0 Å². The van der Waals surface area contributed by atoms with Crippen LogP contribution in [0.4, 0.5) is 0 Å². The second-order valence-electron chi connectivity index (χ2n) is 5.49.